The maximum Gasteiger partial charge on any atom is 0.126 e. The number of aryl methyl sites for hydroxylation is 2. The maximum absolute atomic E-state index is 7.75. The van der Waals surface area contributed by atoms with E-state index in [9.17, 15) is 0 Å². The molecule has 1 aromatic rings. The zero-order chi connectivity index (χ0) is 14.1. The van der Waals surface area contributed by atoms with E-state index in [4.69, 9.17) is 11.1 Å². The second-order valence-corrected chi connectivity index (χ2v) is 5.38. The molecule has 0 radical (unpaired) electrons. The van der Waals surface area contributed by atoms with Gasteiger partial charge in [-0.15, -0.1) is 0 Å². The van der Waals surface area contributed by atoms with E-state index in [-0.39, 0.29) is 11.4 Å². The van der Waals surface area contributed by atoms with E-state index in [0.717, 1.165) is 29.1 Å². The molecule has 100 valence electrons. The molecule has 0 saturated heterocycles. The van der Waals surface area contributed by atoms with Gasteiger partial charge in [0.1, 0.15) is 5.84 Å². The first-order valence-electron chi connectivity index (χ1n) is 6.27. The highest BCUT2D eigenvalue weighted by Crippen LogP contribution is 2.29. The monoisotopic (exact) mass is 248 g/mol. The Morgan fingerprint density at radius 2 is 2.00 bits per heavy atom. The van der Waals surface area contributed by atoms with E-state index in [0.29, 0.717) is 0 Å². The summed E-state index contributed by atoms with van der Waals surface area (Å²) in [5, 5.41) is 7.75. The third-order valence-electron chi connectivity index (χ3n) is 3.71. The second kappa shape index (κ2) is 4.96. The third-order valence-corrected chi connectivity index (χ3v) is 3.71. The number of nitrogen functional groups attached to an aromatic ring is 1. The number of nitrogens with one attached hydrogen (secondary N) is 1. The van der Waals surface area contributed by atoms with Crippen molar-refractivity contribution in [2.24, 2.45) is 5.73 Å². The van der Waals surface area contributed by atoms with Crippen LogP contribution in [-0.2, 0) is 0 Å². The molecule has 0 fully saturated rings. The first-order valence-corrected chi connectivity index (χ1v) is 6.27. The van der Waals surface area contributed by atoms with Crippen LogP contribution in [0.15, 0.2) is 6.07 Å². The Balaban J connectivity index is 3.44. The normalized spacial score (nSPS) is 11.4. The van der Waals surface area contributed by atoms with Gasteiger partial charge in [-0.1, -0.05) is 6.92 Å². The van der Waals surface area contributed by atoms with Gasteiger partial charge in [-0.2, -0.15) is 0 Å². The molecule has 1 heterocycles. The molecule has 0 atom stereocenters. The molecule has 0 aliphatic rings. The van der Waals surface area contributed by atoms with E-state index in [2.05, 4.69) is 30.7 Å². The van der Waals surface area contributed by atoms with Gasteiger partial charge < -0.3 is 10.6 Å². The Bertz CT molecular complexity index is 463. The SMILES string of the molecule is CCC(C)(C)N(C)c1cc(C)nc(C)c1C(=N)N. The topological polar surface area (TPSA) is 66.0 Å². The minimum Gasteiger partial charge on any atom is -0.384 e. The first kappa shape index (κ1) is 14.5. The van der Waals surface area contributed by atoms with Crippen LogP contribution in [0.1, 0.15) is 44.1 Å². The first-order chi connectivity index (χ1) is 8.20. The van der Waals surface area contributed by atoms with Crippen molar-refractivity contribution in [3.63, 3.8) is 0 Å². The van der Waals surface area contributed by atoms with Gasteiger partial charge in [0, 0.05) is 18.3 Å². The highest BCUT2D eigenvalue weighted by atomic mass is 15.2. The van der Waals surface area contributed by atoms with E-state index >= 15 is 0 Å². The summed E-state index contributed by atoms with van der Waals surface area (Å²) in [5.74, 6) is 0.0775. The van der Waals surface area contributed by atoms with Gasteiger partial charge in [-0.25, -0.2) is 0 Å². The molecule has 18 heavy (non-hydrogen) atoms. The molecule has 0 unspecified atom stereocenters. The third kappa shape index (κ3) is 2.63. The van der Waals surface area contributed by atoms with Crippen LogP contribution in [0.25, 0.3) is 0 Å². The predicted molar refractivity (Wildman–Crippen MR) is 77.5 cm³/mol. The summed E-state index contributed by atoms with van der Waals surface area (Å²) < 4.78 is 0. The Kier molecular flexibility index (Phi) is 3.99. The number of anilines is 1. The zero-order valence-corrected chi connectivity index (χ0v) is 12.3. The number of amidine groups is 1. The van der Waals surface area contributed by atoms with E-state index in [1.807, 2.05) is 27.0 Å². The molecular formula is C14H24N4. The van der Waals surface area contributed by atoms with Crippen LogP contribution in [-0.4, -0.2) is 23.4 Å². The standard InChI is InChI=1S/C14H24N4/c1-7-14(4,5)18(6)11-8-9(2)17-10(3)12(11)13(15)16/h8H,7H2,1-6H3,(H3,15,16). The highest BCUT2D eigenvalue weighted by molar-refractivity contribution is 6.01. The van der Waals surface area contributed by atoms with Crippen LogP contribution in [0.5, 0.6) is 0 Å². The van der Waals surface area contributed by atoms with Crippen molar-refractivity contribution in [1.29, 1.82) is 5.41 Å². The average molecular weight is 248 g/mol. The fourth-order valence-corrected chi connectivity index (χ4v) is 1.97. The summed E-state index contributed by atoms with van der Waals surface area (Å²) in [6, 6.07) is 2.00. The summed E-state index contributed by atoms with van der Waals surface area (Å²) in [6.07, 6.45) is 1.02. The molecule has 0 aliphatic carbocycles. The number of pyridine rings is 1. The van der Waals surface area contributed by atoms with Crippen molar-refractivity contribution in [3.05, 3.63) is 23.0 Å². The van der Waals surface area contributed by atoms with Crippen LogP contribution in [0.2, 0.25) is 0 Å². The Labute approximate surface area is 110 Å². The van der Waals surface area contributed by atoms with Gasteiger partial charge in [-0.05, 0) is 40.2 Å². The molecule has 0 bridgehead atoms. The number of aromatic nitrogens is 1. The van der Waals surface area contributed by atoms with Crippen LogP contribution < -0.4 is 10.6 Å². The van der Waals surface area contributed by atoms with E-state index < -0.39 is 0 Å². The van der Waals surface area contributed by atoms with E-state index in [1.54, 1.807) is 0 Å². The lowest BCUT2D eigenvalue weighted by atomic mass is 9.97. The van der Waals surface area contributed by atoms with Gasteiger partial charge in [0.2, 0.25) is 0 Å². The summed E-state index contributed by atoms with van der Waals surface area (Å²) in [5.41, 5.74) is 9.22. The number of nitrogens with two attached hydrogens (primary N) is 1. The molecule has 0 amide bonds. The number of nitrogens with zero attached hydrogens (tertiary/aromatic N) is 2. The lowest BCUT2D eigenvalue weighted by molar-refractivity contribution is 0.470. The van der Waals surface area contributed by atoms with Gasteiger partial charge in [0.05, 0.1) is 16.9 Å². The van der Waals surface area contributed by atoms with Crippen molar-refractivity contribution in [2.75, 3.05) is 11.9 Å². The predicted octanol–water partition coefficient (Wildman–Crippen LogP) is 2.61. The van der Waals surface area contributed by atoms with Gasteiger partial charge in [0.25, 0.3) is 0 Å². The molecule has 4 nitrogen and oxygen atoms in total. The summed E-state index contributed by atoms with van der Waals surface area (Å²) >= 11 is 0. The smallest absolute Gasteiger partial charge is 0.126 e. The zero-order valence-electron chi connectivity index (χ0n) is 12.3. The fourth-order valence-electron chi connectivity index (χ4n) is 1.97. The minimum atomic E-state index is 0.0183. The molecule has 1 aromatic heterocycles. The molecule has 0 aliphatic heterocycles. The molecule has 0 spiro atoms. The van der Waals surface area contributed by atoms with Crippen molar-refractivity contribution >= 4 is 11.5 Å². The number of rotatable bonds is 4. The molecule has 0 aromatic carbocycles. The molecular weight excluding hydrogens is 224 g/mol. The summed E-state index contributed by atoms with van der Waals surface area (Å²) in [7, 11) is 2.05. The van der Waals surface area contributed by atoms with Crippen molar-refractivity contribution < 1.29 is 0 Å². The summed E-state index contributed by atoms with van der Waals surface area (Å²) in [6.45, 7) is 10.4. The quantitative estimate of drug-likeness (QED) is 0.636. The Morgan fingerprint density at radius 3 is 2.44 bits per heavy atom. The number of hydrogen-bond acceptors (Lipinski definition) is 3. The van der Waals surface area contributed by atoms with Crippen LogP contribution in [0.4, 0.5) is 5.69 Å². The van der Waals surface area contributed by atoms with Crippen LogP contribution >= 0.6 is 0 Å². The minimum absolute atomic E-state index is 0.0183. The van der Waals surface area contributed by atoms with Gasteiger partial charge in [0.15, 0.2) is 0 Å². The lowest BCUT2D eigenvalue weighted by Crippen LogP contribution is -2.41. The molecule has 4 heteroatoms. The van der Waals surface area contributed by atoms with Crippen molar-refractivity contribution in [1.82, 2.24) is 4.98 Å². The number of hydrogen-bond donors (Lipinski definition) is 2. The van der Waals surface area contributed by atoms with Crippen LogP contribution in [0.3, 0.4) is 0 Å². The largest absolute Gasteiger partial charge is 0.384 e. The highest BCUT2D eigenvalue weighted by Gasteiger charge is 2.25. The fraction of sp³-hybridized carbons (Fsp3) is 0.571. The molecule has 1 rings (SSSR count). The van der Waals surface area contributed by atoms with Crippen LogP contribution in [0, 0.1) is 19.3 Å². The van der Waals surface area contributed by atoms with Gasteiger partial charge in [-0.3, -0.25) is 10.4 Å². The van der Waals surface area contributed by atoms with Crippen molar-refractivity contribution in [2.45, 2.75) is 46.6 Å². The van der Waals surface area contributed by atoms with Crippen molar-refractivity contribution in [3.8, 4) is 0 Å². The maximum atomic E-state index is 7.75. The average Bonchev–Trinajstić information content (AvgIpc) is 2.26. The molecule has 0 saturated carbocycles. The van der Waals surface area contributed by atoms with E-state index in [1.165, 1.54) is 0 Å². The van der Waals surface area contributed by atoms with Gasteiger partial charge >= 0.3 is 0 Å². The Morgan fingerprint density at radius 1 is 1.44 bits per heavy atom. The lowest BCUT2D eigenvalue weighted by Gasteiger charge is -2.38. The second-order valence-electron chi connectivity index (χ2n) is 5.38. The molecule has 3 N–H and O–H groups in total. The Hall–Kier alpha value is -1.58. The summed E-state index contributed by atoms with van der Waals surface area (Å²) in [4.78, 5) is 6.58.